The monoisotopic (exact) mass is 326 g/mol. The van der Waals surface area contributed by atoms with Crippen LogP contribution in [0.3, 0.4) is 0 Å². The minimum Gasteiger partial charge on any atom is -0.300 e. The largest absolute Gasteiger partial charge is 0.446 e. The molecule has 17 heavy (non-hydrogen) atoms. The molecule has 0 saturated carbocycles. The lowest BCUT2D eigenvalue weighted by Crippen LogP contribution is -2.06. The van der Waals surface area contributed by atoms with Gasteiger partial charge in [-0.15, -0.1) is 0 Å². The second-order valence-corrected chi connectivity index (χ2v) is 5.12. The average Bonchev–Trinajstić information content (AvgIpc) is 2.17. The van der Waals surface area contributed by atoms with Gasteiger partial charge in [-0.1, -0.05) is 28.1 Å². The van der Waals surface area contributed by atoms with Crippen LogP contribution in [0.15, 0.2) is 23.1 Å². The first-order valence-corrected chi connectivity index (χ1v) is 6.69. The molecule has 94 valence electrons. The summed E-state index contributed by atoms with van der Waals surface area (Å²) in [6.45, 7) is 1.37. The standard InChI is InChI=1S/C11H10BrF3OS/c1-7(16)5-9-8(6-12)3-2-4-10(9)17-11(13,14)15/h2-4H,5-6H2,1H3. The molecule has 0 fully saturated rings. The van der Waals surface area contributed by atoms with Crippen LogP contribution in [0.2, 0.25) is 0 Å². The van der Waals surface area contributed by atoms with E-state index in [2.05, 4.69) is 15.9 Å². The summed E-state index contributed by atoms with van der Waals surface area (Å²) in [6.07, 6.45) is 0.0280. The second kappa shape index (κ2) is 5.91. The first kappa shape index (κ1) is 14.6. The highest BCUT2D eigenvalue weighted by Gasteiger charge is 2.30. The number of ketones is 1. The maximum Gasteiger partial charge on any atom is 0.446 e. The van der Waals surface area contributed by atoms with Gasteiger partial charge in [0.1, 0.15) is 5.78 Å². The summed E-state index contributed by atoms with van der Waals surface area (Å²) in [5, 5.41) is 0.432. The van der Waals surface area contributed by atoms with Crippen molar-refractivity contribution >= 4 is 33.5 Å². The first-order valence-electron chi connectivity index (χ1n) is 4.75. The number of carbonyl (C=O) groups is 1. The van der Waals surface area contributed by atoms with Crippen LogP contribution in [-0.2, 0) is 16.5 Å². The van der Waals surface area contributed by atoms with E-state index in [1.54, 1.807) is 12.1 Å². The van der Waals surface area contributed by atoms with Gasteiger partial charge in [0.15, 0.2) is 0 Å². The molecule has 1 aromatic carbocycles. The molecule has 0 aliphatic carbocycles. The van der Waals surface area contributed by atoms with Crippen LogP contribution in [0.25, 0.3) is 0 Å². The predicted molar refractivity (Wildman–Crippen MR) is 65.4 cm³/mol. The Kier molecular flexibility index (Phi) is 5.06. The molecule has 0 unspecified atom stereocenters. The maximum absolute atomic E-state index is 12.4. The van der Waals surface area contributed by atoms with Crippen LogP contribution in [0.4, 0.5) is 13.2 Å². The number of carbonyl (C=O) groups excluding carboxylic acids is 1. The van der Waals surface area contributed by atoms with Crippen LogP contribution in [0.1, 0.15) is 18.1 Å². The highest BCUT2D eigenvalue weighted by atomic mass is 79.9. The van der Waals surface area contributed by atoms with Crippen LogP contribution in [0, 0.1) is 0 Å². The molecule has 0 aromatic heterocycles. The van der Waals surface area contributed by atoms with Gasteiger partial charge >= 0.3 is 5.51 Å². The van der Waals surface area contributed by atoms with Crippen LogP contribution >= 0.6 is 27.7 Å². The fourth-order valence-corrected chi connectivity index (χ4v) is 2.65. The molecule has 1 aromatic rings. The Morgan fingerprint density at radius 3 is 2.53 bits per heavy atom. The minimum atomic E-state index is -4.34. The normalized spacial score (nSPS) is 11.6. The molecule has 0 amide bonds. The smallest absolute Gasteiger partial charge is 0.300 e. The Labute approximate surface area is 110 Å². The molecule has 1 nitrogen and oxygen atoms in total. The molecule has 0 aliphatic rings. The van der Waals surface area contributed by atoms with E-state index in [4.69, 9.17) is 0 Å². The third kappa shape index (κ3) is 4.71. The lowest BCUT2D eigenvalue weighted by Gasteiger charge is -2.13. The first-order chi connectivity index (χ1) is 7.83. The van der Waals surface area contributed by atoms with Crippen molar-refractivity contribution in [2.45, 2.75) is 29.1 Å². The molecule has 0 heterocycles. The van der Waals surface area contributed by atoms with Gasteiger partial charge in [-0.25, -0.2) is 0 Å². The number of benzene rings is 1. The molecule has 0 atom stereocenters. The topological polar surface area (TPSA) is 17.1 Å². The van der Waals surface area contributed by atoms with E-state index in [-0.39, 0.29) is 28.9 Å². The van der Waals surface area contributed by atoms with Gasteiger partial charge < -0.3 is 0 Å². The molecule has 0 spiro atoms. The van der Waals surface area contributed by atoms with Gasteiger partial charge in [0.05, 0.1) is 0 Å². The zero-order valence-corrected chi connectivity index (χ0v) is 11.4. The molecule has 0 bridgehead atoms. The number of thioether (sulfide) groups is 1. The van der Waals surface area contributed by atoms with E-state index >= 15 is 0 Å². The summed E-state index contributed by atoms with van der Waals surface area (Å²) in [6, 6.07) is 4.67. The van der Waals surface area contributed by atoms with E-state index < -0.39 is 5.51 Å². The van der Waals surface area contributed by atoms with Crippen LogP contribution < -0.4 is 0 Å². The summed E-state index contributed by atoms with van der Waals surface area (Å²) >= 11 is 3.04. The van der Waals surface area contributed by atoms with E-state index in [1.807, 2.05) is 0 Å². The highest BCUT2D eigenvalue weighted by molar-refractivity contribution is 9.08. The summed E-state index contributed by atoms with van der Waals surface area (Å²) in [4.78, 5) is 11.2. The Balaban J connectivity index is 3.14. The highest BCUT2D eigenvalue weighted by Crippen LogP contribution is 2.39. The molecule has 6 heteroatoms. The average molecular weight is 327 g/mol. The number of hydrogen-bond donors (Lipinski definition) is 0. The summed E-state index contributed by atoms with van der Waals surface area (Å²) in [5.41, 5.74) is -3.16. The summed E-state index contributed by atoms with van der Waals surface area (Å²) in [7, 11) is 0. The zero-order chi connectivity index (χ0) is 13.1. The minimum absolute atomic E-state index is 0.0280. The zero-order valence-electron chi connectivity index (χ0n) is 8.97. The van der Waals surface area contributed by atoms with E-state index in [0.717, 1.165) is 5.56 Å². The van der Waals surface area contributed by atoms with Gasteiger partial charge in [-0.05, 0) is 35.9 Å². The van der Waals surface area contributed by atoms with Gasteiger partial charge in [-0.2, -0.15) is 13.2 Å². The van der Waals surface area contributed by atoms with Gasteiger partial charge in [-0.3, -0.25) is 4.79 Å². The number of rotatable bonds is 4. The third-order valence-corrected chi connectivity index (χ3v) is 3.46. The van der Waals surface area contributed by atoms with Gasteiger partial charge in [0.25, 0.3) is 0 Å². The van der Waals surface area contributed by atoms with E-state index in [9.17, 15) is 18.0 Å². The molecular weight excluding hydrogens is 317 g/mol. The van der Waals surface area contributed by atoms with Crippen molar-refractivity contribution in [2.75, 3.05) is 0 Å². The Hall–Kier alpha value is -0.490. The lowest BCUT2D eigenvalue weighted by molar-refractivity contribution is -0.116. The molecule has 1 rings (SSSR count). The van der Waals surface area contributed by atoms with Crippen molar-refractivity contribution < 1.29 is 18.0 Å². The van der Waals surface area contributed by atoms with Crippen LogP contribution in [-0.4, -0.2) is 11.3 Å². The van der Waals surface area contributed by atoms with E-state index in [1.165, 1.54) is 13.0 Å². The molecular formula is C11H10BrF3OS. The molecule has 0 aliphatic heterocycles. The number of alkyl halides is 4. The quantitative estimate of drug-likeness (QED) is 0.605. The number of Topliss-reactive ketones (excluding diaryl/α,β-unsaturated/α-hetero) is 1. The summed E-state index contributed by atoms with van der Waals surface area (Å²) in [5.74, 6) is -0.151. The van der Waals surface area contributed by atoms with Gasteiger partial charge in [0.2, 0.25) is 0 Å². The van der Waals surface area contributed by atoms with Crippen molar-refractivity contribution in [1.82, 2.24) is 0 Å². The van der Waals surface area contributed by atoms with Crippen LogP contribution in [0.5, 0.6) is 0 Å². The second-order valence-electron chi connectivity index (χ2n) is 3.45. The molecule has 0 radical (unpaired) electrons. The number of halogens is 4. The van der Waals surface area contributed by atoms with E-state index in [0.29, 0.717) is 10.9 Å². The molecule has 0 saturated heterocycles. The molecule has 0 N–H and O–H groups in total. The Morgan fingerprint density at radius 1 is 1.41 bits per heavy atom. The van der Waals surface area contributed by atoms with Crippen molar-refractivity contribution in [1.29, 1.82) is 0 Å². The Morgan fingerprint density at radius 2 is 2.06 bits per heavy atom. The third-order valence-electron chi connectivity index (χ3n) is 2.03. The van der Waals surface area contributed by atoms with Crippen molar-refractivity contribution in [3.8, 4) is 0 Å². The lowest BCUT2D eigenvalue weighted by atomic mass is 10.0. The number of hydrogen-bond acceptors (Lipinski definition) is 2. The fourth-order valence-electron chi connectivity index (χ4n) is 1.41. The summed E-state index contributed by atoms with van der Waals surface area (Å²) < 4.78 is 37.1. The maximum atomic E-state index is 12.4. The predicted octanol–water partition coefficient (Wildman–Crippen LogP) is 4.32. The SMILES string of the molecule is CC(=O)Cc1c(CBr)cccc1SC(F)(F)F. The Bertz CT molecular complexity index is 418. The van der Waals surface area contributed by atoms with Crippen molar-refractivity contribution in [3.05, 3.63) is 29.3 Å². The van der Waals surface area contributed by atoms with Crippen molar-refractivity contribution in [3.63, 3.8) is 0 Å². The fraction of sp³-hybridized carbons (Fsp3) is 0.364. The van der Waals surface area contributed by atoms with Gasteiger partial charge in [0, 0.05) is 16.6 Å². The van der Waals surface area contributed by atoms with Crippen molar-refractivity contribution in [2.24, 2.45) is 0 Å².